The molecule has 14 heavy (non-hydrogen) atoms. The molecule has 0 N–H and O–H groups in total. The van der Waals surface area contributed by atoms with Gasteiger partial charge in [-0.1, -0.05) is 23.9 Å². The van der Waals surface area contributed by atoms with Crippen LogP contribution < -0.4 is 4.90 Å². The van der Waals surface area contributed by atoms with Crippen molar-refractivity contribution in [3.05, 3.63) is 29.8 Å². The van der Waals surface area contributed by atoms with Crippen molar-refractivity contribution in [1.82, 2.24) is 0 Å². The van der Waals surface area contributed by atoms with Crippen LogP contribution in [0.5, 0.6) is 0 Å². The van der Waals surface area contributed by atoms with E-state index in [0.29, 0.717) is 5.69 Å². The fourth-order valence-corrected chi connectivity index (χ4v) is 2.08. The second-order valence-corrected chi connectivity index (χ2v) is 4.05. The summed E-state index contributed by atoms with van der Waals surface area (Å²) in [5.41, 5.74) is 1.71. The van der Waals surface area contributed by atoms with Crippen LogP contribution in [0.1, 0.15) is 5.56 Å². The molecule has 1 fully saturated rings. The van der Waals surface area contributed by atoms with Gasteiger partial charge in [-0.15, -0.1) is 0 Å². The van der Waals surface area contributed by atoms with Gasteiger partial charge in [0.25, 0.3) is 5.24 Å². The molecule has 72 valence electrons. The average molecular weight is 207 g/mol. The fraction of sp³-hybridized carbons (Fsp3) is 0.200. The first-order valence-electron chi connectivity index (χ1n) is 4.25. The molecular weight excluding hydrogens is 198 g/mol. The smallest absolute Gasteiger partial charge is 0.273 e. The van der Waals surface area contributed by atoms with Crippen molar-refractivity contribution >= 4 is 28.6 Å². The molecule has 2 amide bonds. The molecule has 3 nitrogen and oxygen atoms in total. The Morgan fingerprint density at radius 2 is 2.14 bits per heavy atom. The second-order valence-electron chi connectivity index (χ2n) is 3.12. The number of carbonyl (C=O) groups is 2. The maximum absolute atomic E-state index is 11.4. The molecule has 2 rings (SSSR count). The van der Waals surface area contributed by atoms with E-state index >= 15 is 0 Å². The van der Waals surface area contributed by atoms with Crippen LogP contribution in [0.4, 0.5) is 10.5 Å². The summed E-state index contributed by atoms with van der Waals surface area (Å²) >= 11 is 1.05. The standard InChI is InChI=1S/C10H9NO2S/c1-7-3-2-4-8(5-7)11-9(12)6-14-10(11)13/h2-5H,6H2,1H3. The Balaban J connectivity index is 2.39. The maximum Gasteiger partial charge on any atom is 0.293 e. The third kappa shape index (κ3) is 1.53. The fourth-order valence-electron chi connectivity index (χ4n) is 1.37. The van der Waals surface area contributed by atoms with Crippen molar-refractivity contribution in [1.29, 1.82) is 0 Å². The molecule has 0 spiro atoms. The van der Waals surface area contributed by atoms with Crippen LogP contribution in [0.25, 0.3) is 0 Å². The summed E-state index contributed by atoms with van der Waals surface area (Å²) in [5, 5.41) is -0.180. The third-order valence-corrected chi connectivity index (χ3v) is 2.83. The Kier molecular flexibility index (Phi) is 2.29. The first-order valence-corrected chi connectivity index (χ1v) is 5.23. The van der Waals surface area contributed by atoms with E-state index in [0.717, 1.165) is 17.3 Å². The van der Waals surface area contributed by atoms with Gasteiger partial charge < -0.3 is 0 Å². The lowest BCUT2D eigenvalue weighted by Crippen LogP contribution is -2.27. The number of hydrogen-bond acceptors (Lipinski definition) is 3. The third-order valence-electron chi connectivity index (χ3n) is 2.01. The van der Waals surface area contributed by atoms with E-state index in [2.05, 4.69) is 0 Å². The number of aryl methyl sites for hydroxylation is 1. The number of nitrogens with zero attached hydrogens (tertiary/aromatic N) is 1. The number of thioether (sulfide) groups is 1. The van der Waals surface area contributed by atoms with E-state index in [9.17, 15) is 9.59 Å². The SMILES string of the molecule is Cc1cccc(N2C(=O)CSC2=O)c1. The number of carbonyl (C=O) groups excluding carboxylic acids is 2. The molecule has 0 radical (unpaired) electrons. The topological polar surface area (TPSA) is 37.4 Å². The Labute approximate surface area is 86.1 Å². The molecule has 0 saturated carbocycles. The number of anilines is 1. The van der Waals surface area contributed by atoms with Crippen LogP contribution in [0, 0.1) is 6.92 Å². The molecular formula is C10H9NO2S. The maximum atomic E-state index is 11.4. The first-order chi connectivity index (χ1) is 6.68. The van der Waals surface area contributed by atoms with Crippen molar-refractivity contribution in [2.75, 3.05) is 10.7 Å². The molecule has 1 aromatic carbocycles. The van der Waals surface area contributed by atoms with Gasteiger partial charge in [-0.25, -0.2) is 4.90 Å². The molecule has 1 aliphatic rings. The van der Waals surface area contributed by atoms with Crippen molar-refractivity contribution in [2.45, 2.75) is 6.92 Å². The van der Waals surface area contributed by atoms with Gasteiger partial charge in [-0.2, -0.15) is 0 Å². The summed E-state index contributed by atoms with van der Waals surface area (Å²) in [6.07, 6.45) is 0. The normalized spacial score (nSPS) is 16.5. The lowest BCUT2D eigenvalue weighted by molar-refractivity contribution is -0.115. The van der Waals surface area contributed by atoms with Crippen LogP contribution in [0.15, 0.2) is 24.3 Å². The molecule has 0 bridgehead atoms. The van der Waals surface area contributed by atoms with Gasteiger partial charge in [0.15, 0.2) is 0 Å². The van der Waals surface area contributed by atoms with Crippen LogP contribution in [0.3, 0.4) is 0 Å². The number of rotatable bonds is 1. The van der Waals surface area contributed by atoms with Crippen LogP contribution >= 0.6 is 11.8 Å². The highest BCUT2D eigenvalue weighted by Crippen LogP contribution is 2.26. The van der Waals surface area contributed by atoms with Gasteiger partial charge in [0.2, 0.25) is 5.91 Å². The van der Waals surface area contributed by atoms with Gasteiger partial charge in [-0.05, 0) is 24.6 Å². The molecule has 1 aromatic rings. The molecule has 4 heteroatoms. The summed E-state index contributed by atoms with van der Waals surface area (Å²) in [6.45, 7) is 1.93. The minimum Gasteiger partial charge on any atom is -0.273 e. The van der Waals surface area contributed by atoms with Gasteiger partial charge in [0.05, 0.1) is 11.4 Å². The summed E-state index contributed by atoms with van der Waals surface area (Å²) in [4.78, 5) is 24.0. The Bertz CT molecular complexity index is 387. The van der Waals surface area contributed by atoms with Gasteiger partial charge in [-0.3, -0.25) is 9.59 Å². The predicted molar refractivity (Wildman–Crippen MR) is 56.5 cm³/mol. The molecule has 1 saturated heterocycles. The lowest BCUT2D eigenvalue weighted by Gasteiger charge is -2.12. The zero-order valence-electron chi connectivity index (χ0n) is 7.69. The van der Waals surface area contributed by atoms with Crippen LogP contribution in [0.2, 0.25) is 0 Å². The average Bonchev–Trinajstić information content (AvgIpc) is 2.46. The molecule has 1 heterocycles. The number of hydrogen-bond donors (Lipinski definition) is 0. The lowest BCUT2D eigenvalue weighted by atomic mass is 10.2. The number of imide groups is 1. The summed E-state index contributed by atoms with van der Waals surface area (Å²) in [5.74, 6) is 0.123. The molecule has 0 unspecified atom stereocenters. The largest absolute Gasteiger partial charge is 0.293 e. The van der Waals surface area contributed by atoms with Crippen molar-refractivity contribution in [3.8, 4) is 0 Å². The van der Waals surface area contributed by atoms with E-state index in [1.165, 1.54) is 4.90 Å². The van der Waals surface area contributed by atoms with E-state index in [-0.39, 0.29) is 16.9 Å². The van der Waals surface area contributed by atoms with Gasteiger partial charge in [0.1, 0.15) is 0 Å². The monoisotopic (exact) mass is 207 g/mol. The summed E-state index contributed by atoms with van der Waals surface area (Å²) in [6, 6.07) is 7.38. The van der Waals surface area contributed by atoms with E-state index in [4.69, 9.17) is 0 Å². The quantitative estimate of drug-likeness (QED) is 0.708. The molecule has 0 aromatic heterocycles. The minimum absolute atomic E-state index is 0.134. The molecule has 1 aliphatic heterocycles. The van der Waals surface area contributed by atoms with Crippen molar-refractivity contribution in [3.63, 3.8) is 0 Å². The zero-order valence-corrected chi connectivity index (χ0v) is 8.50. The Hall–Kier alpha value is -1.29. The predicted octanol–water partition coefficient (Wildman–Crippen LogP) is 2.19. The second kappa shape index (κ2) is 3.46. The number of benzene rings is 1. The molecule has 0 atom stereocenters. The molecule has 0 aliphatic carbocycles. The van der Waals surface area contributed by atoms with Gasteiger partial charge in [0, 0.05) is 0 Å². The minimum atomic E-state index is -0.180. The van der Waals surface area contributed by atoms with Gasteiger partial charge >= 0.3 is 0 Å². The summed E-state index contributed by atoms with van der Waals surface area (Å²) < 4.78 is 0. The highest BCUT2D eigenvalue weighted by molar-refractivity contribution is 8.15. The van der Waals surface area contributed by atoms with Crippen molar-refractivity contribution in [2.24, 2.45) is 0 Å². The Morgan fingerprint density at radius 1 is 1.36 bits per heavy atom. The van der Waals surface area contributed by atoms with Crippen LogP contribution in [-0.2, 0) is 4.79 Å². The van der Waals surface area contributed by atoms with E-state index in [1.54, 1.807) is 6.07 Å². The first kappa shape index (κ1) is 9.27. The highest BCUT2D eigenvalue weighted by atomic mass is 32.2. The summed E-state index contributed by atoms with van der Waals surface area (Å²) in [7, 11) is 0. The van der Waals surface area contributed by atoms with Crippen molar-refractivity contribution < 1.29 is 9.59 Å². The highest BCUT2D eigenvalue weighted by Gasteiger charge is 2.31. The zero-order chi connectivity index (χ0) is 10.1. The number of amides is 2. The van der Waals surface area contributed by atoms with E-state index < -0.39 is 0 Å². The van der Waals surface area contributed by atoms with Crippen LogP contribution in [-0.4, -0.2) is 16.9 Å². The Morgan fingerprint density at radius 3 is 2.71 bits per heavy atom. The van der Waals surface area contributed by atoms with E-state index in [1.807, 2.05) is 25.1 Å².